The summed E-state index contributed by atoms with van der Waals surface area (Å²) in [6.45, 7) is 8.49. The fraction of sp³-hybridized carbons (Fsp3) is 0.667. The van der Waals surface area contributed by atoms with Crippen LogP contribution in [0.2, 0.25) is 0 Å². The van der Waals surface area contributed by atoms with Crippen molar-refractivity contribution in [1.29, 1.82) is 0 Å². The monoisotopic (exact) mass is 384 g/mol. The molecular formula is C24H32O4. The Balaban J connectivity index is 1.80. The first kappa shape index (κ1) is 19.8. The lowest BCUT2D eigenvalue weighted by Crippen LogP contribution is -2.57. The molecule has 0 aliphatic heterocycles. The van der Waals surface area contributed by atoms with Crippen LogP contribution in [0.1, 0.15) is 47.0 Å². The summed E-state index contributed by atoms with van der Waals surface area (Å²) < 4.78 is 5.10. The molecule has 2 fully saturated rings. The van der Waals surface area contributed by atoms with Gasteiger partial charge in [-0.05, 0) is 67.6 Å². The molecule has 0 spiro atoms. The van der Waals surface area contributed by atoms with Crippen LogP contribution in [0.4, 0.5) is 0 Å². The van der Waals surface area contributed by atoms with Crippen LogP contribution in [0.5, 0.6) is 0 Å². The molecule has 0 amide bonds. The molecular weight excluding hydrogens is 352 g/mol. The van der Waals surface area contributed by atoms with E-state index in [-0.39, 0.29) is 35.4 Å². The van der Waals surface area contributed by atoms with Crippen molar-refractivity contribution >= 4 is 11.6 Å². The van der Waals surface area contributed by atoms with Gasteiger partial charge in [-0.15, -0.1) is 0 Å². The third kappa shape index (κ3) is 2.31. The number of methoxy groups -OCH3 is 1. The molecule has 152 valence electrons. The molecule has 2 saturated carbocycles. The minimum Gasteiger partial charge on any atom is -0.381 e. The van der Waals surface area contributed by atoms with Gasteiger partial charge in [-0.25, -0.2) is 0 Å². The fourth-order valence-corrected chi connectivity index (χ4v) is 7.11. The largest absolute Gasteiger partial charge is 0.381 e. The highest BCUT2D eigenvalue weighted by atomic mass is 16.5. The lowest BCUT2D eigenvalue weighted by Gasteiger charge is -2.55. The normalized spacial score (nSPS) is 47.0. The Kier molecular flexibility index (Phi) is 4.41. The van der Waals surface area contributed by atoms with E-state index >= 15 is 0 Å². The Morgan fingerprint density at radius 1 is 1.25 bits per heavy atom. The van der Waals surface area contributed by atoms with E-state index in [9.17, 15) is 14.7 Å². The predicted octanol–water partition coefficient (Wildman–Crippen LogP) is 3.65. The number of carbonyl (C=O) groups is 2. The summed E-state index contributed by atoms with van der Waals surface area (Å²) in [5.41, 5.74) is 0.523. The van der Waals surface area contributed by atoms with E-state index < -0.39 is 11.0 Å². The van der Waals surface area contributed by atoms with Gasteiger partial charge in [0.25, 0.3) is 0 Å². The molecule has 4 nitrogen and oxygen atoms in total. The first-order chi connectivity index (χ1) is 13.1. The molecule has 7 atom stereocenters. The third-order valence-electron chi connectivity index (χ3n) is 8.56. The van der Waals surface area contributed by atoms with Crippen molar-refractivity contribution in [2.45, 2.75) is 52.6 Å². The van der Waals surface area contributed by atoms with Crippen molar-refractivity contribution in [1.82, 2.24) is 0 Å². The number of hydrogen-bond acceptors (Lipinski definition) is 4. The summed E-state index contributed by atoms with van der Waals surface area (Å²) in [6, 6.07) is 0. The lowest BCUT2D eigenvalue weighted by atomic mass is 9.49. The molecule has 0 saturated heterocycles. The zero-order valence-electron chi connectivity index (χ0n) is 17.6. The molecule has 0 aromatic heterocycles. The van der Waals surface area contributed by atoms with Crippen LogP contribution in [-0.4, -0.2) is 36.0 Å². The van der Waals surface area contributed by atoms with E-state index in [1.54, 1.807) is 6.08 Å². The fourth-order valence-electron chi connectivity index (χ4n) is 7.11. The second-order valence-electron chi connectivity index (χ2n) is 9.93. The van der Waals surface area contributed by atoms with Gasteiger partial charge in [0, 0.05) is 17.9 Å². The minimum atomic E-state index is -1.35. The van der Waals surface area contributed by atoms with Gasteiger partial charge in [0.05, 0.1) is 0 Å². The van der Waals surface area contributed by atoms with Crippen molar-refractivity contribution < 1.29 is 19.4 Å². The summed E-state index contributed by atoms with van der Waals surface area (Å²) in [7, 11) is 1.51. The smallest absolute Gasteiger partial charge is 0.190 e. The van der Waals surface area contributed by atoms with Crippen LogP contribution in [0.3, 0.4) is 0 Å². The molecule has 4 rings (SSSR count). The van der Waals surface area contributed by atoms with Crippen LogP contribution in [0, 0.1) is 34.5 Å². The number of aliphatic hydroxyl groups is 1. The number of carbonyl (C=O) groups excluding carboxylic acids is 2. The van der Waals surface area contributed by atoms with Gasteiger partial charge in [0.1, 0.15) is 12.2 Å². The summed E-state index contributed by atoms with van der Waals surface area (Å²) in [6.07, 6.45) is 10.4. The van der Waals surface area contributed by atoms with Crippen LogP contribution in [0.25, 0.3) is 0 Å². The molecule has 28 heavy (non-hydrogen) atoms. The maximum absolute atomic E-state index is 12.9. The summed E-state index contributed by atoms with van der Waals surface area (Å²) in [5, 5.41) is 11.7. The Bertz CT molecular complexity index is 820. The van der Waals surface area contributed by atoms with Gasteiger partial charge in [0.2, 0.25) is 0 Å². The summed E-state index contributed by atoms with van der Waals surface area (Å²) in [4.78, 5) is 24.9. The molecule has 1 N–H and O–H groups in total. The number of ether oxygens (including phenoxy) is 1. The van der Waals surface area contributed by atoms with E-state index in [1.807, 2.05) is 13.0 Å². The van der Waals surface area contributed by atoms with Crippen LogP contribution >= 0.6 is 0 Å². The number of ketones is 2. The molecule has 0 aromatic carbocycles. The van der Waals surface area contributed by atoms with Crippen LogP contribution in [-0.2, 0) is 14.3 Å². The SMILES string of the molecule is COCC(=O)[C@@]1(O)[C@H](C)CC2C3C[C@H](C)C4=CC(=O)C=C[C@]4(C)C3=CC[C@@]21C. The number of Topliss-reactive ketones (excluding diaryl/α,β-unsaturated/α-hetero) is 1. The van der Waals surface area contributed by atoms with E-state index in [2.05, 4.69) is 32.9 Å². The predicted molar refractivity (Wildman–Crippen MR) is 108 cm³/mol. The topological polar surface area (TPSA) is 63.6 Å². The molecule has 2 unspecified atom stereocenters. The molecule has 4 aliphatic carbocycles. The summed E-state index contributed by atoms with van der Waals surface area (Å²) >= 11 is 0. The summed E-state index contributed by atoms with van der Waals surface area (Å²) in [5.74, 6) is 0.667. The zero-order valence-corrected chi connectivity index (χ0v) is 17.6. The van der Waals surface area contributed by atoms with Gasteiger partial charge in [-0.1, -0.05) is 38.5 Å². The Labute approximate surface area is 167 Å². The number of allylic oxidation sites excluding steroid dienone is 6. The average Bonchev–Trinajstić information content (AvgIpc) is 2.85. The third-order valence-corrected chi connectivity index (χ3v) is 8.56. The highest BCUT2D eigenvalue weighted by Gasteiger charge is 2.67. The quantitative estimate of drug-likeness (QED) is 0.755. The van der Waals surface area contributed by atoms with Gasteiger partial charge in [-0.2, -0.15) is 0 Å². The first-order valence-electron chi connectivity index (χ1n) is 10.5. The molecule has 0 aromatic rings. The van der Waals surface area contributed by atoms with Crippen molar-refractivity contribution in [3.8, 4) is 0 Å². The number of fused-ring (bicyclic) bond motifs is 5. The molecule has 4 aliphatic rings. The van der Waals surface area contributed by atoms with Crippen molar-refractivity contribution in [3.63, 3.8) is 0 Å². The first-order valence-corrected chi connectivity index (χ1v) is 10.5. The van der Waals surface area contributed by atoms with Crippen molar-refractivity contribution in [3.05, 3.63) is 35.5 Å². The number of rotatable bonds is 3. The minimum absolute atomic E-state index is 0.0454. The number of hydrogen-bond donors (Lipinski definition) is 1. The standard InChI is InChI=1S/C24H32O4/c1-14-10-17-18(22(3)8-6-16(25)12-19(14)22)7-9-23(4)20(17)11-15(2)24(23,27)21(26)13-28-5/h6-8,12,14-15,17,20,27H,9-11,13H2,1-5H3/t14-,15+,17?,20?,22+,23-,24-/m0/s1. The van der Waals surface area contributed by atoms with Gasteiger partial charge in [-0.3, -0.25) is 9.59 Å². The van der Waals surface area contributed by atoms with Crippen molar-refractivity contribution in [2.75, 3.05) is 13.7 Å². The molecule has 0 heterocycles. The van der Waals surface area contributed by atoms with E-state index in [4.69, 9.17) is 4.74 Å². The van der Waals surface area contributed by atoms with Gasteiger partial charge < -0.3 is 9.84 Å². The highest BCUT2D eigenvalue weighted by Crippen LogP contribution is 2.67. The maximum atomic E-state index is 12.9. The van der Waals surface area contributed by atoms with Crippen LogP contribution < -0.4 is 0 Å². The van der Waals surface area contributed by atoms with E-state index in [0.717, 1.165) is 12.8 Å². The molecule has 0 bridgehead atoms. The Morgan fingerprint density at radius 2 is 1.96 bits per heavy atom. The lowest BCUT2D eigenvalue weighted by molar-refractivity contribution is -0.162. The van der Waals surface area contributed by atoms with E-state index in [1.165, 1.54) is 18.3 Å². The van der Waals surface area contributed by atoms with Crippen molar-refractivity contribution in [2.24, 2.45) is 34.5 Å². The van der Waals surface area contributed by atoms with E-state index in [0.29, 0.717) is 18.3 Å². The average molecular weight is 385 g/mol. The second kappa shape index (κ2) is 6.24. The Hall–Kier alpha value is -1.52. The molecule has 4 heteroatoms. The molecule has 0 radical (unpaired) electrons. The highest BCUT2D eigenvalue weighted by molar-refractivity contribution is 6.01. The van der Waals surface area contributed by atoms with Gasteiger partial charge in [0.15, 0.2) is 11.6 Å². The maximum Gasteiger partial charge on any atom is 0.190 e. The zero-order chi connectivity index (χ0) is 20.5. The Morgan fingerprint density at radius 3 is 2.64 bits per heavy atom. The van der Waals surface area contributed by atoms with Gasteiger partial charge >= 0.3 is 0 Å². The second-order valence-corrected chi connectivity index (χ2v) is 9.93. The van der Waals surface area contributed by atoms with Crippen LogP contribution in [0.15, 0.2) is 35.5 Å².